The first-order chi connectivity index (χ1) is 5.33. The zero-order valence-electron chi connectivity index (χ0n) is 6.38. The first-order valence-corrected chi connectivity index (χ1v) is 3.77. The zero-order chi connectivity index (χ0) is 8.10. The van der Waals surface area contributed by atoms with Gasteiger partial charge in [-0.3, -0.25) is 0 Å². The van der Waals surface area contributed by atoms with Gasteiger partial charge in [-0.2, -0.15) is 0 Å². The Bertz CT molecular complexity index is 185. The molecular formula is C8H13NO2. The van der Waals surface area contributed by atoms with E-state index in [1.54, 1.807) is 6.08 Å². The van der Waals surface area contributed by atoms with Gasteiger partial charge in [0.2, 0.25) is 0 Å². The molecular weight excluding hydrogens is 142 g/mol. The van der Waals surface area contributed by atoms with E-state index in [1.807, 2.05) is 6.08 Å². The van der Waals surface area contributed by atoms with E-state index in [0.29, 0.717) is 12.3 Å². The van der Waals surface area contributed by atoms with Gasteiger partial charge in [-0.05, 0) is 12.5 Å². The molecule has 62 valence electrons. The fourth-order valence-corrected chi connectivity index (χ4v) is 1.01. The van der Waals surface area contributed by atoms with Crippen molar-refractivity contribution < 1.29 is 10.2 Å². The first-order valence-electron chi connectivity index (χ1n) is 3.77. The number of nitrogens with one attached hydrogen (secondary N) is 1. The molecule has 0 atom stereocenters. The average Bonchev–Trinajstić information content (AvgIpc) is 2.01. The Balaban J connectivity index is 2.39. The molecule has 0 spiro atoms. The highest BCUT2D eigenvalue weighted by atomic mass is 16.3. The van der Waals surface area contributed by atoms with Gasteiger partial charge in [-0.15, -0.1) is 0 Å². The van der Waals surface area contributed by atoms with Crippen molar-refractivity contribution in [1.82, 2.24) is 5.32 Å². The van der Waals surface area contributed by atoms with Gasteiger partial charge < -0.3 is 15.5 Å². The van der Waals surface area contributed by atoms with E-state index in [0.717, 1.165) is 18.5 Å². The monoisotopic (exact) mass is 155 g/mol. The molecule has 0 radical (unpaired) electrons. The Morgan fingerprint density at radius 1 is 1.55 bits per heavy atom. The van der Waals surface area contributed by atoms with Gasteiger partial charge in [-0.25, -0.2) is 0 Å². The second-order valence-corrected chi connectivity index (χ2v) is 2.48. The van der Waals surface area contributed by atoms with Crippen molar-refractivity contribution in [2.75, 3.05) is 13.2 Å². The van der Waals surface area contributed by atoms with Crippen molar-refractivity contribution in [1.29, 1.82) is 0 Å². The van der Waals surface area contributed by atoms with Crippen molar-refractivity contribution in [2.24, 2.45) is 0 Å². The maximum Gasteiger partial charge on any atom is 0.0946 e. The summed E-state index contributed by atoms with van der Waals surface area (Å²) in [5.41, 5.74) is 0.905. The molecule has 0 saturated heterocycles. The smallest absolute Gasteiger partial charge is 0.0946 e. The van der Waals surface area contributed by atoms with Crippen molar-refractivity contribution in [3.05, 3.63) is 23.6 Å². The summed E-state index contributed by atoms with van der Waals surface area (Å²) in [6, 6.07) is 0. The number of aliphatic hydroxyl groups excluding tert-OH is 2. The quantitative estimate of drug-likeness (QED) is 0.562. The maximum absolute atomic E-state index is 9.10. The average molecular weight is 155 g/mol. The summed E-state index contributed by atoms with van der Waals surface area (Å²) in [6.07, 6.45) is 5.30. The summed E-state index contributed by atoms with van der Waals surface area (Å²) in [5, 5.41) is 20.6. The van der Waals surface area contributed by atoms with Gasteiger partial charge in [-0.1, -0.05) is 6.08 Å². The lowest BCUT2D eigenvalue weighted by atomic mass is 10.1. The van der Waals surface area contributed by atoms with Crippen LogP contribution in [0.3, 0.4) is 0 Å². The van der Waals surface area contributed by atoms with Crippen LogP contribution >= 0.6 is 0 Å². The molecule has 1 aliphatic rings. The molecule has 0 aliphatic heterocycles. The summed E-state index contributed by atoms with van der Waals surface area (Å²) >= 11 is 0. The highest BCUT2D eigenvalue weighted by Crippen LogP contribution is 2.12. The number of allylic oxidation sites excluding steroid dienone is 3. The lowest BCUT2D eigenvalue weighted by Crippen LogP contribution is -2.17. The van der Waals surface area contributed by atoms with Crippen LogP contribution in [-0.2, 0) is 0 Å². The lowest BCUT2D eigenvalue weighted by molar-refractivity contribution is 0.297. The number of aliphatic hydroxyl groups is 2. The molecule has 0 bridgehead atoms. The van der Waals surface area contributed by atoms with Crippen LogP contribution in [0.5, 0.6) is 0 Å². The standard InChI is InChI=1S/C8H13NO2/c10-5-4-9-7-2-1-3-8(11)6-7/h2,6,9-11H,1,3-5H2. The minimum absolute atomic E-state index is 0.117. The number of rotatable bonds is 3. The van der Waals surface area contributed by atoms with Crippen LogP contribution in [-0.4, -0.2) is 23.4 Å². The van der Waals surface area contributed by atoms with Crippen LogP contribution in [0.15, 0.2) is 23.6 Å². The fourth-order valence-electron chi connectivity index (χ4n) is 1.01. The minimum Gasteiger partial charge on any atom is -0.512 e. The van der Waals surface area contributed by atoms with Crippen LogP contribution in [0.1, 0.15) is 12.8 Å². The van der Waals surface area contributed by atoms with Crippen LogP contribution in [0, 0.1) is 0 Å². The lowest BCUT2D eigenvalue weighted by Gasteiger charge is -2.10. The Morgan fingerprint density at radius 3 is 3.00 bits per heavy atom. The molecule has 0 saturated carbocycles. The Kier molecular flexibility index (Phi) is 2.98. The first kappa shape index (κ1) is 8.14. The van der Waals surface area contributed by atoms with E-state index in [1.165, 1.54) is 0 Å². The molecule has 11 heavy (non-hydrogen) atoms. The molecule has 0 aromatic rings. The predicted molar refractivity (Wildman–Crippen MR) is 43.1 cm³/mol. The third-order valence-corrected chi connectivity index (χ3v) is 1.53. The number of hydrogen-bond donors (Lipinski definition) is 3. The van der Waals surface area contributed by atoms with Gasteiger partial charge in [0.05, 0.1) is 12.4 Å². The largest absolute Gasteiger partial charge is 0.512 e. The van der Waals surface area contributed by atoms with Crippen LogP contribution in [0.25, 0.3) is 0 Å². The molecule has 3 nitrogen and oxygen atoms in total. The van der Waals surface area contributed by atoms with Gasteiger partial charge >= 0.3 is 0 Å². The second-order valence-electron chi connectivity index (χ2n) is 2.48. The SMILES string of the molecule is OCCNC1=CCCC(O)=C1. The highest BCUT2D eigenvalue weighted by molar-refractivity contribution is 5.22. The normalized spacial score (nSPS) is 17.2. The molecule has 1 rings (SSSR count). The van der Waals surface area contributed by atoms with Crippen molar-refractivity contribution >= 4 is 0 Å². The summed E-state index contributed by atoms with van der Waals surface area (Å²) in [4.78, 5) is 0. The van der Waals surface area contributed by atoms with Crippen molar-refractivity contribution in [3.63, 3.8) is 0 Å². The molecule has 3 heteroatoms. The molecule has 1 aliphatic carbocycles. The molecule has 0 fully saturated rings. The van der Waals surface area contributed by atoms with Crippen LogP contribution in [0.4, 0.5) is 0 Å². The molecule has 3 N–H and O–H groups in total. The van der Waals surface area contributed by atoms with Crippen LogP contribution < -0.4 is 5.32 Å². The van der Waals surface area contributed by atoms with Crippen molar-refractivity contribution in [2.45, 2.75) is 12.8 Å². The molecule has 0 heterocycles. The van der Waals surface area contributed by atoms with E-state index in [4.69, 9.17) is 10.2 Å². The zero-order valence-corrected chi connectivity index (χ0v) is 6.38. The number of hydrogen-bond acceptors (Lipinski definition) is 3. The maximum atomic E-state index is 9.10. The molecule has 0 aromatic carbocycles. The third-order valence-electron chi connectivity index (χ3n) is 1.53. The molecule has 0 aromatic heterocycles. The van der Waals surface area contributed by atoms with Gasteiger partial charge in [0, 0.05) is 18.7 Å². The minimum atomic E-state index is 0.117. The van der Waals surface area contributed by atoms with E-state index in [-0.39, 0.29) is 6.61 Å². The topological polar surface area (TPSA) is 52.5 Å². The summed E-state index contributed by atoms with van der Waals surface area (Å²) < 4.78 is 0. The fraction of sp³-hybridized carbons (Fsp3) is 0.500. The summed E-state index contributed by atoms with van der Waals surface area (Å²) in [7, 11) is 0. The van der Waals surface area contributed by atoms with E-state index < -0.39 is 0 Å². The molecule has 0 amide bonds. The van der Waals surface area contributed by atoms with E-state index >= 15 is 0 Å². The molecule has 0 unspecified atom stereocenters. The van der Waals surface area contributed by atoms with E-state index in [2.05, 4.69) is 5.32 Å². The van der Waals surface area contributed by atoms with Crippen molar-refractivity contribution in [3.8, 4) is 0 Å². The van der Waals surface area contributed by atoms with Gasteiger partial charge in [0.15, 0.2) is 0 Å². The highest BCUT2D eigenvalue weighted by Gasteiger charge is 2.01. The summed E-state index contributed by atoms with van der Waals surface area (Å²) in [5.74, 6) is 0.410. The second kappa shape index (κ2) is 4.03. The predicted octanol–water partition coefficient (Wildman–Crippen LogP) is 0.688. The Hall–Kier alpha value is -0.960. The van der Waals surface area contributed by atoms with E-state index in [9.17, 15) is 0 Å². The van der Waals surface area contributed by atoms with Crippen LogP contribution in [0.2, 0.25) is 0 Å². The Labute approximate surface area is 66.0 Å². The van der Waals surface area contributed by atoms with Gasteiger partial charge in [0.1, 0.15) is 0 Å². The third kappa shape index (κ3) is 2.63. The van der Waals surface area contributed by atoms with Gasteiger partial charge in [0.25, 0.3) is 0 Å². The summed E-state index contributed by atoms with van der Waals surface area (Å²) in [6.45, 7) is 0.654. The Morgan fingerprint density at radius 2 is 2.36 bits per heavy atom.